The number of halogens is 1. The maximum absolute atomic E-state index is 13.8. The van der Waals surface area contributed by atoms with Crippen LogP contribution in [0.5, 0.6) is 5.75 Å². The molecule has 3 aromatic rings. The molecule has 2 aromatic carbocycles. The first kappa shape index (κ1) is 33.9. The molecule has 2 atom stereocenters. The lowest BCUT2D eigenvalue weighted by atomic mass is 9.81. The summed E-state index contributed by atoms with van der Waals surface area (Å²) in [5.41, 5.74) is 7.45. The Balaban J connectivity index is 1.59. The Labute approximate surface area is 274 Å². The van der Waals surface area contributed by atoms with Gasteiger partial charge in [0.1, 0.15) is 17.7 Å². The van der Waals surface area contributed by atoms with Crippen LogP contribution in [0.15, 0.2) is 42.5 Å². The van der Waals surface area contributed by atoms with Crippen molar-refractivity contribution >= 4 is 11.7 Å². The molecule has 6 nitrogen and oxygen atoms in total. The molecule has 1 saturated heterocycles. The molecular formula is C39H51FN2O4. The van der Waals surface area contributed by atoms with Crippen LogP contribution in [0, 0.1) is 25.1 Å². The summed E-state index contributed by atoms with van der Waals surface area (Å²) in [6.07, 6.45) is 3.42. The number of carbonyl (C=O) groups is 1. The number of aryl methyl sites for hydroxylation is 3. The Morgan fingerprint density at radius 3 is 2.37 bits per heavy atom. The van der Waals surface area contributed by atoms with Crippen LogP contribution in [0.4, 0.5) is 10.1 Å². The van der Waals surface area contributed by atoms with Crippen LogP contribution in [-0.4, -0.2) is 41.9 Å². The molecule has 1 fully saturated rings. The fraction of sp³-hybridized carbons (Fsp3) is 0.538. The summed E-state index contributed by atoms with van der Waals surface area (Å²) in [7, 11) is 0. The van der Waals surface area contributed by atoms with Crippen molar-refractivity contribution in [3.63, 3.8) is 0 Å². The van der Waals surface area contributed by atoms with Crippen LogP contribution in [0.25, 0.3) is 11.1 Å². The molecule has 1 aromatic heterocycles. The minimum atomic E-state index is -0.924. The van der Waals surface area contributed by atoms with Gasteiger partial charge in [-0.25, -0.2) is 9.18 Å². The largest absolute Gasteiger partial charge is 0.490 e. The molecule has 3 heterocycles. The minimum absolute atomic E-state index is 0.0349. The highest BCUT2D eigenvalue weighted by Gasteiger charge is 2.38. The summed E-state index contributed by atoms with van der Waals surface area (Å²) in [6.45, 7) is 20.1. The molecule has 2 aliphatic rings. The Morgan fingerprint density at radius 1 is 1.07 bits per heavy atom. The molecule has 0 aliphatic carbocycles. The second-order valence-electron chi connectivity index (χ2n) is 15.1. The molecule has 0 bridgehead atoms. The van der Waals surface area contributed by atoms with E-state index in [9.17, 15) is 9.18 Å². The highest BCUT2D eigenvalue weighted by atomic mass is 19.1. The van der Waals surface area contributed by atoms with Crippen molar-refractivity contribution in [1.82, 2.24) is 4.98 Å². The Bertz CT molecular complexity index is 1550. The summed E-state index contributed by atoms with van der Waals surface area (Å²) in [5, 5.41) is 0. The molecule has 0 spiro atoms. The van der Waals surface area contributed by atoms with Gasteiger partial charge in [-0.1, -0.05) is 32.0 Å². The van der Waals surface area contributed by atoms with E-state index in [2.05, 4.69) is 43.9 Å². The number of pyridine rings is 1. The Hall–Kier alpha value is -3.45. The van der Waals surface area contributed by atoms with Crippen LogP contribution in [0.1, 0.15) is 102 Å². The third kappa shape index (κ3) is 7.91. The highest BCUT2D eigenvalue weighted by molar-refractivity contribution is 5.89. The van der Waals surface area contributed by atoms with Crippen molar-refractivity contribution in [1.29, 1.82) is 0 Å². The summed E-state index contributed by atoms with van der Waals surface area (Å²) in [5.74, 6) is 0.265. The van der Waals surface area contributed by atoms with Gasteiger partial charge < -0.3 is 19.1 Å². The zero-order valence-electron chi connectivity index (χ0n) is 29.1. The van der Waals surface area contributed by atoms with Crippen LogP contribution in [0.3, 0.4) is 0 Å². The summed E-state index contributed by atoms with van der Waals surface area (Å²) >= 11 is 0. The van der Waals surface area contributed by atoms with E-state index in [0.29, 0.717) is 0 Å². The normalized spacial score (nSPS) is 18.6. The molecule has 2 aliphatic heterocycles. The number of esters is 1. The van der Waals surface area contributed by atoms with Crippen LogP contribution in [0.2, 0.25) is 0 Å². The number of aromatic nitrogens is 1. The highest BCUT2D eigenvalue weighted by Crippen LogP contribution is 2.46. The van der Waals surface area contributed by atoms with E-state index in [0.717, 1.165) is 95.8 Å². The minimum Gasteiger partial charge on any atom is -0.490 e. The lowest BCUT2D eigenvalue weighted by Crippen LogP contribution is -2.39. The van der Waals surface area contributed by atoms with Crippen molar-refractivity contribution in [3.8, 4) is 16.9 Å². The predicted molar refractivity (Wildman–Crippen MR) is 182 cm³/mol. The third-order valence-electron chi connectivity index (χ3n) is 9.07. The molecule has 46 heavy (non-hydrogen) atoms. The predicted octanol–water partition coefficient (Wildman–Crippen LogP) is 8.88. The molecule has 248 valence electrons. The van der Waals surface area contributed by atoms with Gasteiger partial charge in [-0.15, -0.1) is 0 Å². The average Bonchev–Trinajstić information content (AvgIpc) is 2.96. The maximum atomic E-state index is 13.8. The molecule has 0 radical (unpaired) electrons. The number of anilines is 1. The van der Waals surface area contributed by atoms with Gasteiger partial charge in [0.25, 0.3) is 0 Å². The SMILES string of the molecule is Cc1nc(C)c(C(OC(C)(C)C)C(=O)OC(C)C)c(N2CCC(C)(C)CC2)c1-c1ccc2c(c1)CCC(Cc1ccc(F)cc1)O2. The van der Waals surface area contributed by atoms with Gasteiger partial charge in [0, 0.05) is 42.0 Å². The van der Waals surface area contributed by atoms with E-state index >= 15 is 0 Å². The van der Waals surface area contributed by atoms with E-state index in [1.54, 1.807) is 0 Å². The number of hydrogen-bond donors (Lipinski definition) is 0. The first-order chi connectivity index (χ1) is 21.6. The number of ether oxygens (including phenoxy) is 3. The van der Waals surface area contributed by atoms with Crippen molar-refractivity contribution in [2.24, 2.45) is 5.41 Å². The van der Waals surface area contributed by atoms with Crippen LogP contribution >= 0.6 is 0 Å². The van der Waals surface area contributed by atoms with Gasteiger partial charge in [0.05, 0.1) is 17.4 Å². The van der Waals surface area contributed by atoms with Gasteiger partial charge in [-0.2, -0.15) is 0 Å². The topological polar surface area (TPSA) is 60.9 Å². The molecule has 5 rings (SSSR count). The lowest BCUT2D eigenvalue weighted by molar-refractivity contribution is -0.171. The smallest absolute Gasteiger partial charge is 0.340 e. The average molecular weight is 631 g/mol. The van der Waals surface area contributed by atoms with Crippen LogP contribution < -0.4 is 9.64 Å². The van der Waals surface area contributed by atoms with Gasteiger partial charge in [0.15, 0.2) is 6.10 Å². The van der Waals surface area contributed by atoms with E-state index in [-0.39, 0.29) is 23.4 Å². The molecule has 0 N–H and O–H groups in total. The fourth-order valence-electron chi connectivity index (χ4n) is 6.67. The van der Waals surface area contributed by atoms with Gasteiger partial charge in [-0.05, 0) is 121 Å². The van der Waals surface area contributed by atoms with Crippen molar-refractivity contribution in [2.45, 2.75) is 118 Å². The second kappa shape index (κ2) is 13.3. The van der Waals surface area contributed by atoms with Gasteiger partial charge >= 0.3 is 5.97 Å². The fourth-order valence-corrected chi connectivity index (χ4v) is 6.67. The van der Waals surface area contributed by atoms with Gasteiger partial charge in [0.2, 0.25) is 0 Å². The Kier molecular flexibility index (Phi) is 9.84. The van der Waals surface area contributed by atoms with Gasteiger partial charge in [-0.3, -0.25) is 4.98 Å². The number of benzene rings is 2. The van der Waals surface area contributed by atoms with Crippen molar-refractivity contribution < 1.29 is 23.4 Å². The zero-order chi connectivity index (χ0) is 33.4. The number of piperidine rings is 1. The van der Waals surface area contributed by atoms with Crippen molar-refractivity contribution in [3.05, 3.63) is 76.4 Å². The van der Waals surface area contributed by atoms with E-state index < -0.39 is 17.7 Å². The number of rotatable bonds is 8. The summed E-state index contributed by atoms with van der Waals surface area (Å²) < 4.78 is 32.2. The molecule has 7 heteroatoms. The van der Waals surface area contributed by atoms with Crippen LogP contribution in [-0.2, 0) is 27.1 Å². The quantitative estimate of drug-likeness (QED) is 0.232. The second-order valence-corrected chi connectivity index (χ2v) is 15.1. The van der Waals surface area contributed by atoms with E-state index in [1.165, 1.54) is 12.1 Å². The standard InChI is InChI=1S/C39H51FN2O4/c1-24(2)44-37(43)36(46-38(5,6)7)34-26(4)41-25(3)33(35(34)42-20-18-39(8,9)19-21-42)29-13-17-32-28(23-29)12-16-31(45-32)22-27-10-14-30(40)15-11-27/h10-11,13-15,17,23-24,31,36H,12,16,18-22H2,1-9H3. The first-order valence-electron chi connectivity index (χ1n) is 16.8. The number of carbonyl (C=O) groups excluding carboxylic acids is 1. The molecule has 0 saturated carbocycles. The summed E-state index contributed by atoms with van der Waals surface area (Å²) in [4.78, 5) is 21.3. The number of fused-ring (bicyclic) bond motifs is 1. The Morgan fingerprint density at radius 2 is 1.74 bits per heavy atom. The number of hydrogen-bond acceptors (Lipinski definition) is 6. The summed E-state index contributed by atoms with van der Waals surface area (Å²) in [6, 6.07) is 13.1. The molecular weight excluding hydrogens is 579 g/mol. The molecule has 2 unspecified atom stereocenters. The monoisotopic (exact) mass is 630 g/mol. The van der Waals surface area contributed by atoms with Crippen molar-refractivity contribution in [2.75, 3.05) is 18.0 Å². The molecule has 0 amide bonds. The third-order valence-corrected chi connectivity index (χ3v) is 9.07. The zero-order valence-corrected chi connectivity index (χ0v) is 29.1. The van der Waals surface area contributed by atoms with E-state index in [1.807, 2.05) is 53.7 Å². The maximum Gasteiger partial charge on any atom is 0.340 e. The lowest BCUT2D eigenvalue weighted by Gasteiger charge is -2.41. The number of nitrogens with zero attached hydrogens (tertiary/aromatic N) is 2. The van der Waals surface area contributed by atoms with E-state index in [4.69, 9.17) is 19.2 Å². The first-order valence-corrected chi connectivity index (χ1v) is 16.8.